The Morgan fingerprint density at radius 2 is 1.91 bits per heavy atom. The van der Waals surface area contributed by atoms with Gasteiger partial charge < -0.3 is 15.0 Å². The van der Waals surface area contributed by atoms with Gasteiger partial charge in [-0.3, -0.25) is 9.78 Å². The van der Waals surface area contributed by atoms with E-state index in [0.717, 1.165) is 10.9 Å². The van der Waals surface area contributed by atoms with E-state index in [2.05, 4.69) is 31.9 Å². The molecule has 0 bridgehead atoms. The largest absolute Gasteiger partial charge is 0.370 e. The number of rotatable bonds is 2. The van der Waals surface area contributed by atoms with Crippen molar-refractivity contribution in [3.63, 3.8) is 0 Å². The molecule has 3 aromatic rings. The van der Waals surface area contributed by atoms with E-state index in [1.54, 1.807) is 18.3 Å². The van der Waals surface area contributed by atoms with Crippen LogP contribution < -0.4 is 20.6 Å². The first kappa shape index (κ1) is 14.0. The maximum Gasteiger partial charge on any atom is 0.257 e. The first-order valence-corrected chi connectivity index (χ1v) is 7.59. The molecule has 0 atom stereocenters. The fourth-order valence-electron chi connectivity index (χ4n) is 2.37. The molecule has 1 amide bonds. The standard InChI is InChI=1S/C16H10BrN3O3/c17-11-8-14-13(22-20-23-14)7-10(11)16(21)19-12-5-1-3-9-4-2-6-18-15(9)12/h1-8,20H,(H,19,21). The number of hydrogen-bond donors (Lipinski definition) is 2. The number of halogens is 1. The van der Waals surface area contributed by atoms with Crippen LogP contribution in [0.4, 0.5) is 5.69 Å². The first-order valence-electron chi connectivity index (χ1n) is 6.80. The minimum atomic E-state index is -0.270. The van der Waals surface area contributed by atoms with Crippen LogP contribution in [0.1, 0.15) is 10.4 Å². The van der Waals surface area contributed by atoms with E-state index < -0.39 is 0 Å². The SMILES string of the molecule is O=C(Nc1cccc2cccnc12)c1cc2c(cc1Br)ONO2. The second kappa shape index (κ2) is 5.53. The van der Waals surface area contributed by atoms with Crippen molar-refractivity contribution >= 4 is 38.4 Å². The molecule has 0 fully saturated rings. The molecule has 1 aliphatic rings. The average molecular weight is 372 g/mol. The molecule has 2 aromatic carbocycles. The Hall–Kier alpha value is -2.64. The molecule has 2 N–H and O–H groups in total. The lowest BCUT2D eigenvalue weighted by molar-refractivity contribution is 0.0259. The van der Waals surface area contributed by atoms with Crippen LogP contribution in [0.25, 0.3) is 10.9 Å². The maximum absolute atomic E-state index is 12.6. The summed E-state index contributed by atoms with van der Waals surface area (Å²) in [5, 5.41) is 3.84. The molecular weight excluding hydrogens is 362 g/mol. The zero-order valence-corrected chi connectivity index (χ0v) is 13.3. The smallest absolute Gasteiger partial charge is 0.257 e. The van der Waals surface area contributed by atoms with Crippen LogP contribution in [-0.2, 0) is 0 Å². The van der Waals surface area contributed by atoms with Crippen molar-refractivity contribution in [3.05, 3.63) is 58.7 Å². The lowest BCUT2D eigenvalue weighted by atomic mass is 10.1. The van der Waals surface area contributed by atoms with Gasteiger partial charge in [0.15, 0.2) is 11.5 Å². The molecule has 23 heavy (non-hydrogen) atoms. The van der Waals surface area contributed by atoms with Gasteiger partial charge in [-0.25, -0.2) is 0 Å². The summed E-state index contributed by atoms with van der Waals surface area (Å²) in [7, 11) is 0. The van der Waals surface area contributed by atoms with Crippen LogP contribution in [0.5, 0.6) is 11.5 Å². The number of pyridine rings is 1. The van der Waals surface area contributed by atoms with Crippen LogP contribution in [0, 0.1) is 0 Å². The minimum absolute atomic E-state index is 0.270. The molecule has 0 unspecified atom stereocenters. The number of carbonyl (C=O) groups excluding carboxylic acids is 1. The van der Waals surface area contributed by atoms with Crippen molar-refractivity contribution in [3.8, 4) is 11.5 Å². The van der Waals surface area contributed by atoms with Gasteiger partial charge in [-0.1, -0.05) is 18.2 Å². The third-order valence-electron chi connectivity index (χ3n) is 3.46. The summed E-state index contributed by atoms with van der Waals surface area (Å²) >= 11 is 3.37. The lowest BCUT2D eigenvalue weighted by Gasteiger charge is -2.09. The second-order valence-corrected chi connectivity index (χ2v) is 5.76. The lowest BCUT2D eigenvalue weighted by Crippen LogP contribution is -2.14. The monoisotopic (exact) mass is 371 g/mol. The number of nitrogens with zero attached hydrogens (tertiary/aromatic N) is 1. The molecule has 6 nitrogen and oxygen atoms in total. The van der Waals surface area contributed by atoms with Crippen LogP contribution in [0.2, 0.25) is 0 Å². The van der Waals surface area contributed by atoms with E-state index in [9.17, 15) is 4.79 Å². The molecule has 7 heteroatoms. The summed E-state index contributed by atoms with van der Waals surface area (Å²) in [6.45, 7) is 0. The predicted octanol–water partition coefficient (Wildman–Crippen LogP) is 3.44. The summed E-state index contributed by atoms with van der Waals surface area (Å²) in [5.74, 6) is 0.697. The van der Waals surface area contributed by atoms with Gasteiger partial charge in [0.2, 0.25) is 0 Å². The highest BCUT2D eigenvalue weighted by molar-refractivity contribution is 9.10. The Bertz CT molecular complexity index is 924. The highest BCUT2D eigenvalue weighted by Gasteiger charge is 2.21. The molecule has 2 heterocycles. The molecule has 114 valence electrons. The van der Waals surface area contributed by atoms with Crippen molar-refractivity contribution in [1.82, 2.24) is 10.6 Å². The third-order valence-corrected chi connectivity index (χ3v) is 4.12. The topological polar surface area (TPSA) is 72.5 Å². The number of hydrogen-bond acceptors (Lipinski definition) is 5. The zero-order valence-electron chi connectivity index (χ0n) is 11.7. The van der Waals surface area contributed by atoms with Crippen molar-refractivity contribution in [2.75, 3.05) is 5.32 Å². The summed E-state index contributed by atoms with van der Waals surface area (Å²) in [6, 6.07) is 12.7. The molecular formula is C16H10BrN3O3. The van der Waals surface area contributed by atoms with Crippen molar-refractivity contribution in [2.24, 2.45) is 0 Å². The number of nitrogens with one attached hydrogen (secondary N) is 2. The van der Waals surface area contributed by atoms with Gasteiger partial charge in [-0.05, 0) is 28.1 Å². The van der Waals surface area contributed by atoms with Crippen LogP contribution >= 0.6 is 15.9 Å². The van der Waals surface area contributed by atoms with E-state index in [4.69, 9.17) is 9.68 Å². The fourth-order valence-corrected chi connectivity index (χ4v) is 2.88. The van der Waals surface area contributed by atoms with E-state index >= 15 is 0 Å². The molecule has 4 rings (SSSR count). The Morgan fingerprint density at radius 3 is 2.78 bits per heavy atom. The van der Waals surface area contributed by atoms with Crippen LogP contribution in [0.15, 0.2) is 53.1 Å². The van der Waals surface area contributed by atoms with Gasteiger partial charge in [0, 0.05) is 33.8 Å². The minimum Gasteiger partial charge on any atom is -0.370 e. The fraction of sp³-hybridized carbons (Fsp3) is 0. The van der Waals surface area contributed by atoms with E-state index in [1.165, 1.54) is 0 Å². The Morgan fingerprint density at radius 1 is 1.13 bits per heavy atom. The highest BCUT2D eigenvalue weighted by Crippen LogP contribution is 2.36. The van der Waals surface area contributed by atoms with Crippen molar-refractivity contribution in [1.29, 1.82) is 0 Å². The van der Waals surface area contributed by atoms with Crippen LogP contribution in [0.3, 0.4) is 0 Å². The molecule has 0 radical (unpaired) electrons. The molecule has 0 saturated carbocycles. The number of amides is 1. The quantitative estimate of drug-likeness (QED) is 0.721. The maximum atomic E-state index is 12.6. The van der Waals surface area contributed by atoms with E-state index in [1.807, 2.05) is 30.3 Å². The Labute approximate surface area is 139 Å². The number of para-hydroxylation sites is 1. The molecule has 1 aliphatic heterocycles. The first-order chi connectivity index (χ1) is 11.2. The third kappa shape index (κ3) is 2.49. The number of carbonyl (C=O) groups is 1. The summed E-state index contributed by atoms with van der Waals surface area (Å²) in [5.41, 5.74) is 4.11. The van der Waals surface area contributed by atoms with Gasteiger partial charge >= 0.3 is 0 Å². The molecule has 1 aromatic heterocycles. The van der Waals surface area contributed by atoms with Gasteiger partial charge in [0.1, 0.15) is 0 Å². The predicted molar refractivity (Wildman–Crippen MR) is 88.2 cm³/mol. The van der Waals surface area contributed by atoms with Gasteiger partial charge in [0.25, 0.3) is 5.91 Å². The highest BCUT2D eigenvalue weighted by atomic mass is 79.9. The van der Waals surface area contributed by atoms with Gasteiger partial charge in [0.05, 0.1) is 16.8 Å². The van der Waals surface area contributed by atoms with E-state index in [0.29, 0.717) is 27.2 Å². The van der Waals surface area contributed by atoms with Crippen molar-refractivity contribution < 1.29 is 14.5 Å². The normalized spacial score (nSPS) is 12.4. The summed E-state index contributed by atoms with van der Waals surface area (Å²) < 4.78 is 0.606. The molecule has 0 saturated heterocycles. The van der Waals surface area contributed by atoms with Crippen molar-refractivity contribution in [2.45, 2.75) is 0 Å². The molecule has 0 aliphatic carbocycles. The number of benzene rings is 2. The number of aromatic nitrogens is 1. The van der Waals surface area contributed by atoms with E-state index in [-0.39, 0.29) is 5.91 Å². The van der Waals surface area contributed by atoms with Gasteiger partial charge in [-0.2, -0.15) is 0 Å². The summed E-state index contributed by atoms with van der Waals surface area (Å²) in [4.78, 5) is 27.0. The zero-order chi connectivity index (χ0) is 15.8. The average Bonchev–Trinajstić information content (AvgIpc) is 3.01. The Balaban J connectivity index is 1.70. The Kier molecular flexibility index (Phi) is 3.36. The van der Waals surface area contributed by atoms with Crippen LogP contribution in [-0.4, -0.2) is 10.9 Å². The number of anilines is 1. The summed E-state index contributed by atoms with van der Waals surface area (Å²) in [6.07, 6.45) is 1.69. The second-order valence-electron chi connectivity index (χ2n) is 4.90. The van der Waals surface area contributed by atoms with Gasteiger partial charge in [-0.15, -0.1) is 0 Å². The molecule has 0 spiro atoms. The number of fused-ring (bicyclic) bond motifs is 2.